The highest BCUT2D eigenvalue weighted by Crippen LogP contribution is 2.36. The summed E-state index contributed by atoms with van der Waals surface area (Å²) in [6.07, 6.45) is 2.17. The highest BCUT2D eigenvalue weighted by molar-refractivity contribution is 7.88. The molecule has 0 bridgehead atoms. The predicted octanol–water partition coefficient (Wildman–Crippen LogP) is 2.95. The normalized spacial score (nSPS) is 17.4. The van der Waals surface area contributed by atoms with E-state index in [1.165, 1.54) is 15.6 Å². The third-order valence-corrected chi connectivity index (χ3v) is 6.89. The number of carbonyl (C=O) groups is 2. The lowest BCUT2D eigenvalue weighted by molar-refractivity contribution is -0.119. The van der Waals surface area contributed by atoms with Crippen molar-refractivity contribution in [2.24, 2.45) is 0 Å². The smallest absolute Gasteiger partial charge is 0.350 e. The molecule has 1 atom stereocenters. The Morgan fingerprint density at radius 2 is 2.00 bits per heavy atom. The lowest BCUT2D eigenvalue weighted by Crippen LogP contribution is -2.42. The topological polar surface area (TPSA) is 92.8 Å². The van der Waals surface area contributed by atoms with Crippen molar-refractivity contribution >= 4 is 38.9 Å². The summed E-state index contributed by atoms with van der Waals surface area (Å²) < 4.78 is 30.2. The number of nitrogens with zero attached hydrogens (tertiary/aromatic N) is 1. The molecule has 0 aliphatic carbocycles. The van der Waals surface area contributed by atoms with Crippen molar-refractivity contribution < 1.29 is 22.7 Å². The largest absolute Gasteiger partial charge is 0.462 e. The monoisotopic (exact) mass is 422 g/mol. The Morgan fingerprint density at radius 1 is 1.29 bits per heavy atom. The van der Waals surface area contributed by atoms with Crippen LogP contribution in [0.25, 0.3) is 10.4 Å². The van der Waals surface area contributed by atoms with Gasteiger partial charge >= 0.3 is 5.97 Å². The molecule has 1 aliphatic rings. The first-order valence-electron chi connectivity index (χ1n) is 8.95. The third kappa shape index (κ3) is 4.43. The number of amides is 1. The fourth-order valence-corrected chi connectivity index (χ4v) is 5.33. The van der Waals surface area contributed by atoms with Crippen LogP contribution in [0.1, 0.15) is 29.4 Å². The van der Waals surface area contributed by atoms with E-state index in [2.05, 4.69) is 5.32 Å². The van der Waals surface area contributed by atoms with Crippen molar-refractivity contribution in [3.05, 3.63) is 41.3 Å². The fraction of sp³-hybridized carbons (Fsp3) is 0.368. The Bertz CT molecular complexity index is 969. The van der Waals surface area contributed by atoms with Crippen LogP contribution in [0.4, 0.5) is 5.69 Å². The lowest BCUT2D eigenvalue weighted by atomic mass is 10.2. The third-order valence-electron chi connectivity index (χ3n) is 4.44. The molecule has 28 heavy (non-hydrogen) atoms. The molecule has 3 rings (SSSR count). The molecule has 1 unspecified atom stereocenters. The second-order valence-electron chi connectivity index (χ2n) is 6.46. The Kier molecular flexibility index (Phi) is 6.17. The van der Waals surface area contributed by atoms with E-state index in [9.17, 15) is 18.0 Å². The van der Waals surface area contributed by atoms with Gasteiger partial charge in [0.25, 0.3) is 0 Å². The quantitative estimate of drug-likeness (QED) is 0.723. The van der Waals surface area contributed by atoms with Crippen molar-refractivity contribution in [1.29, 1.82) is 0 Å². The van der Waals surface area contributed by atoms with Gasteiger partial charge in [0, 0.05) is 11.4 Å². The van der Waals surface area contributed by atoms with E-state index in [1.54, 1.807) is 13.0 Å². The molecule has 1 amide bonds. The molecular formula is C19H22N2O5S2. The van der Waals surface area contributed by atoms with Crippen LogP contribution in [0.3, 0.4) is 0 Å². The van der Waals surface area contributed by atoms with Gasteiger partial charge in [-0.1, -0.05) is 30.3 Å². The van der Waals surface area contributed by atoms with Crippen molar-refractivity contribution in [3.8, 4) is 10.4 Å². The summed E-state index contributed by atoms with van der Waals surface area (Å²) in [5, 5.41) is 2.75. The van der Waals surface area contributed by atoms with Gasteiger partial charge in [-0.2, -0.15) is 4.31 Å². The molecule has 1 fully saturated rings. The highest BCUT2D eigenvalue weighted by atomic mass is 32.2. The van der Waals surface area contributed by atoms with Crippen LogP contribution in [-0.2, 0) is 19.6 Å². The van der Waals surface area contributed by atoms with E-state index in [4.69, 9.17) is 4.74 Å². The molecule has 0 saturated carbocycles. The van der Waals surface area contributed by atoms with Gasteiger partial charge in [-0.25, -0.2) is 13.2 Å². The number of nitrogens with one attached hydrogen (secondary N) is 1. The lowest BCUT2D eigenvalue weighted by Gasteiger charge is -2.21. The zero-order chi connectivity index (χ0) is 20.3. The molecular weight excluding hydrogens is 400 g/mol. The van der Waals surface area contributed by atoms with Crippen molar-refractivity contribution in [2.45, 2.75) is 25.8 Å². The number of sulfonamides is 1. The first-order chi connectivity index (χ1) is 13.3. The molecule has 150 valence electrons. The van der Waals surface area contributed by atoms with Crippen molar-refractivity contribution in [2.75, 3.05) is 24.7 Å². The number of ether oxygens (including phenoxy) is 1. The Balaban J connectivity index is 1.90. The standard InChI is InChI=1S/C19H22N2O5S2/c1-3-26-19(23)17-14(12-16(27-17)13-8-5-4-6-9-13)20-18(22)15-10-7-11-21(15)28(2,24)25/h4-6,8-9,12,15H,3,7,10-11H2,1-2H3,(H,20,22). The second-order valence-corrected chi connectivity index (χ2v) is 9.45. The summed E-state index contributed by atoms with van der Waals surface area (Å²) in [7, 11) is -3.48. The van der Waals surface area contributed by atoms with Crippen LogP contribution in [0.15, 0.2) is 36.4 Å². The molecule has 1 N–H and O–H groups in total. The van der Waals surface area contributed by atoms with Crippen LogP contribution < -0.4 is 5.32 Å². The number of benzene rings is 1. The van der Waals surface area contributed by atoms with E-state index in [1.807, 2.05) is 30.3 Å². The molecule has 2 aromatic rings. The van der Waals surface area contributed by atoms with Gasteiger partial charge in [0.15, 0.2) is 0 Å². The molecule has 1 aliphatic heterocycles. The van der Waals surface area contributed by atoms with E-state index in [-0.39, 0.29) is 11.5 Å². The van der Waals surface area contributed by atoms with Gasteiger partial charge in [0.05, 0.1) is 18.6 Å². The summed E-state index contributed by atoms with van der Waals surface area (Å²) in [5.41, 5.74) is 1.25. The van der Waals surface area contributed by atoms with Crippen LogP contribution >= 0.6 is 11.3 Å². The number of hydrogen-bond donors (Lipinski definition) is 1. The van der Waals surface area contributed by atoms with E-state index in [0.29, 0.717) is 25.1 Å². The SMILES string of the molecule is CCOC(=O)c1sc(-c2ccccc2)cc1NC(=O)C1CCCN1S(C)(=O)=O. The number of esters is 1. The van der Waals surface area contributed by atoms with E-state index >= 15 is 0 Å². The van der Waals surface area contributed by atoms with Crippen molar-refractivity contribution in [3.63, 3.8) is 0 Å². The zero-order valence-corrected chi connectivity index (χ0v) is 17.3. The summed E-state index contributed by atoms with van der Waals surface area (Å²) in [6, 6.07) is 10.4. The average molecular weight is 423 g/mol. The molecule has 1 saturated heterocycles. The van der Waals surface area contributed by atoms with Crippen LogP contribution in [0, 0.1) is 0 Å². The fourth-order valence-electron chi connectivity index (χ4n) is 3.19. The first kappa shape index (κ1) is 20.5. The molecule has 0 spiro atoms. The summed E-state index contributed by atoms with van der Waals surface area (Å²) in [6.45, 7) is 2.25. The van der Waals surface area contributed by atoms with Gasteiger partial charge in [-0.3, -0.25) is 4.79 Å². The maximum absolute atomic E-state index is 12.8. The molecule has 9 heteroatoms. The summed E-state index contributed by atoms with van der Waals surface area (Å²) in [4.78, 5) is 26.3. The van der Waals surface area contributed by atoms with Gasteiger partial charge in [-0.05, 0) is 31.4 Å². The van der Waals surface area contributed by atoms with Crippen LogP contribution in [0.5, 0.6) is 0 Å². The number of anilines is 1. The summed E-state index contributed by atoms with van der Waals surface area (Å²) >= 11 is 1.23. The van der Waals surface area contributed by atoms with Crippen LogP contribution in [-0.4, -0.2) is 50.0 Å². The maximum Gasteiger partial charge on any atom is 0.350 e. The van der Waals surface area contributed by atoms with Gasteiger partial charge < -0.3 is 10.1 Å². The minimum Gasteiger partial charge on any atom is -0.462 e. The number of thiophene rings is 1. The number of rotatable bonds is 6. The highest BCUT2D eigenvalue weighted by Gasteiger charge is 2.37. The van der Waals surface area contributed by atoms with Gasteiger partial charge in [0.1, 0.15) is 10.9 Å². The zero-order valence-electron chi connectivity index (χ0n) is 15.7. The molecule has 2 heterocycles. The Morgan fingerprint density at radius 3 is 2.64 bits per heavy atom. The van der Waals surface area contributed by atoms with E-state index < -0.39 is 27.9 Å². The maximum atomic E-state index is 12.8. The average Bonchev–Trinajstić information content (AvgIpc) is 3.30. The van der Waals surface area contributed by atoms with Crippen molar-refractivity contribution in [1.82, 2.24) is 4.31 Å². The first-order valence-corrected chi connectivity index (χ1v) is 11.6. The number of carbonyl (C=O) groups excluding carboxylic acids is 2. The molecule has 1 aromatic carbocycles. The Hall–Kier alpha value is -2.23. The number of hydrogen-bond acceptors (Lipinski definition) is 6. The minimum absolute atomic E-state index is 0.218. The minimum atomic E-state index is -3.48. The molecule has 7 nitrogen and oxygen atoms in total. The van der Waals surface area contributed by atoms with Gasteiger partial charge in [0.2, 0.25) is 15.9 Å². The molecule has 0 radical (unpaired) electrons. The van der Waals surface area contributed by atoms with Gasteiger partial charge in [-0.15, -0.1) is 11.3 Å². The summed E-state index contributed by atoms with van der Waals surface area (Å²) in [5.74, 6) is -0.956. The van der Waals surface area contributed by atoms with E-state index in [0.717, 1.165) is 16.7 Å². The predicted molar refractivity (Wildman–Crippen MR) is 109 cm³/mol. The Labute approximate surface area is 168 Å². The van der Waals surface area contributed by atoms with Crippen LogP contribution in [0.2, 0.25) is 0 Å². The second kappa shape index (κ2) is 8.42. The molecule has 1 aromatic heterocycles.